The minimum Gasteiger partial charge on any atom is -0.441 e. The lowest BCUT2D eigenvalue weighted by molar-refractivity contribution is 0.0926. The van der Waals surface area contributed by atoms with Crippen molar-refractivity contribution in [2.75, 3.05) is 0 Å². The van der Waals surface area contributed by atoms with Crippen LogP contribution in [0.15, 0.2) is 28.7 Å². The molecule has 3 heteroatoms. The summed E-state index contributed by atoms with van der Waals surface area (Å²) >= 11 is 0. The van der Waals surface area contributed by atoms with E-state index in [-0.39, 0.29) is 6.10 Å². The molecule has 1 atom stereocenters. The molecule has 2 aromatic rings. The molecule has 0 saturated heterocycles. The fourth-order valence-electron chi connectivity index (χ4n) is 3.05. The predicted octanol–water partition coefficient (Wildman–Crippen LogP) is 3.70. The molecule has 3 nitrogen and oxygen atoms in total. The Balaban J connectivity index is 1.69. The fraction of sp³-hybridized carbons (Fsp3) is 0.562. The molecule has 1 heterocycles. The van der Waals surface area contributed by atoms with Crippen molar-refractivity contribution in [1.82, 2.24) is 4.98 Å². The van der Waals surface area contributed by atoms with E-state index in [1.54, 1.807) is 0 Å². The zero-order valence-corrected chi connectivity index (χ0v) is 11.2. The van der Waals surface area contributed by atoms with E-state index in [9.17, 15) is 5.11 Å². The minimum atomic E-state index is -0.314. The van der Waals surface area contributed by atoms with Crippen LogP contribution in [0.2, 0.25) is 0 Å². The molecule has 0 bridgehead atoms. The summed E-state index contributed by atoms with van der Waals surface area (Å²) in [7, 11) is 0. The number of para-hydroxylation sites is 2. The van der Waals surface area contributed by atoms with Crippen LogP contribution < -0.4 is 0 Å². The summed E-state index contributed by atoms with van der Waals surface area (Å²) in [5.74, 6) is 1.08. The molecule has 1 N–H and O–H groups in total. The molecule has 0 amide bonds. The molecule has 1 unspecified atom stereocenters. The van der Waals surface area contributed by atoms with Crippen LogP contribution >= 0.6 is 0 Å². The largest absolute Gasteiger partial charge is 0.441 e. The van der Waals surface area contributed by atoms with Crippen molar-refractivity contribution in [2.45, 2.75) is 51.0 Å². The third kappa shape index (κ3) is 2.98. The molecule has 19 heavy (non-hydrogen) atoms. The van der Waals surface area contributed by atoms with Gasteiger partial charge < -0.3 is 9.52 Å². The lowest BCUT2D eigenvalue weighted by atomic mass is 9.92. The number of fused-ring (bicyclic) bond motifs is 1. The number of nitrogens with zero attached hydrogens (tertiary/aromatic N) is 1. The number of benzene rings is 1. The Morgan fingerprint density at radius 1 is 1.16 bits per heavy atom. The third-order valence-electron chi connectivity index (χ3n) is 4.17. The van der Waals surface area contributed by atoms with Gasteiger partial charge in [0.05, 0.1) is 12.5 Å². The van der Waals surface area contributed by atoms with Crippen LogP contribution in [0.4, 0.5) is 0 Å². The quantitative estimate of drug-likeness (QED) is 0.855. The molecule has 1 saturated carbocycles. The number of hydrogen-bond donors (Lipinski definition) is 1. The van der Waals surface area contributed by atoms with Gasteiger partial charge in [0.2, 0.25) is 0 Å². The first-order chi connectivity index (χ1) is 9.33. The van der Waals surface area contributed by atoms with E-state index in [4.69, 9.17) is 4.42 Å². The number of aliphatic hydroxyl groups is 1. The zero-order chi connectivity index (χ0) is 13.1. The van der Waals surface area contributed by atoms with E-state index in [1.807, 2.05) is 24.3 Å². The number of aliphatic hydroxyl groups excluding tert-OH is 1. The minimum absolute atomic E-state index is 0.314. The Morgan fingerprint density at radius 3 is 2.63 bits per heavy atom. The van der Waals surface area contributed by atoms with Crippen LogP contribution in [0.5, 0.6) is 0 Å². The van der Waals surface area contributed by atoms with Crippen LogP contribution in [-0.2, 0) is 6.42 Å². The molecule has 0 aliphatic heterocycles. The van der Waals surface area contributed by atoms with Gasteiger partial charge in [-0.25, -0.2) is 4.98 Å². The molecule has 1 aliphatic carbocycles. The molecule has 3 rings (SSSR count). The maximum absolute atomic E-state index is 10.4. The highest BCUT2D eigenvalue weighted by Gasteiger charge is 2.22. The smallest absolute Gasteiger partial charge is 0.198 e. The van der Waals surface area contributed by atoms with Crippen LogP contribution in [0.3, 0.4) is 0 Å². The molecule has 1 aromatic heterocycles. The van der Waals surface area contributed by atoms with Crippen molar-refractivity contribution in [3.05, 3.63) is 30.2 Å². The highest BCUT2D eigenvalue weighted by Crippen LogP contribution is 2.27. The van der Waals surface area contributed by atoms with Crippen LogP contribution in [0, 0.1) is 5.92 Å². The summed E-state index contributed by atoms with van der Waals surface area (Å²) in [4.78, 5) is 4.44. The number of hydrogen-bond acceptors (Lipinski definition) is 3. The molecule has 102 valence electrons. The first-order valence-corrected chi connectivity index (χ1v) is 7.35. The zero-order valence-electron chi connectivity index (χ0n) is 11.2. The van der Waals surface area contributed by atoms with Gasteiger partial charge in [-0.1, -0.05) is 37.8 Å². The Bertz CT molecular complexity index is 493. The van der Waals surface area contributed by atoms with Crippen molar-refractivity contribution in [1.29, 1.82) is 0 Å². The first kappa shape index (κ1) is 12.7. The van der Waals surface area contributed by atoms with Gasteiger partial charge in [0, 0.05) is 0 Å². The Labute approximate surface area is 113 Å². The van der Waals surface area contributed by atoms with Gasteiger partial charge in [0.1, 0.15) is 5.52 Å². The maximum atomic E-state index is 10.4. The summed E-state index contributed by atoms with van der Waals surface area (Å²) < 4.78 is 5.69. The van der Waals surface area contributed by atoms with Crippen molar-refractivity contribution >= 4 is 11.1 Å². The second kappa shape index (κ2) is 5.74. The SMILES string of the molecule is OC(Cc1nc2ccccc2o1)C1CCCCCC1. The summed E-state index contributed by atoms with van der Waals surface area (Å²) in [6.45, 7) is 0. The van der Waals surface area contributed by atoms with Crippen LogP contribution in [-0.4, -0.2) is 16.2 Å². The van der Waals surface area contributed by atoms with Gasteiger partial charge in [0.25, 0.3) is 0 Å². The third-order valence-corrected chi connectivity index (χ3v) is 4.17. The highest BCUT2D eigenvalue weighted by atomic mass is 16.4. The van der Waals surface area contributed by atoms with Gasteiger partial charge >= 0.3 is 0 Å². The summed E-state index contributed by atoms with van der Waals surface area (Å²) in [5.41, 5.74) is 1.69. The Kier molecular flexibility index (Phi) is 3.83. The second-order valence-corrected chi connectivity index (χ2v) is 5.60. The Hall–Kier alpha value is -1.35. The number of rotatable bonds is 3. The van der Waals surface area contributed by atoms with E-state index in [2.05, 4.69) is 4.98 Å². The van der Waals surface area contributed by atoms with Crippen molar-refractivity contribution < 1.29 is 9.52 Å². The van der Waals surface area contributed by atoms with E-state index >= 15 is 0 Å². The lowest BCUT2D eigenvalue weighted by Crippen LogP contribution is -2.22. The standard InChI is InChI=1S/C16H21NO2/c18-14(12-7-3-1-2-4-8-12)11-16-17-13-9-5-6-10-15(13)19-16/h5-6,9-10,12,14,18H,1-4,7-8,11H2. The topological polar surface area (TPSA) is 46.3 Å². The lowest BCUT2D eigenvalue weighted by Gasteiger charge is -2.19. The van der Waals surface area contributed by atoms with Crippen molar-refractivity contribution in [2.24, 2.45) is 5.92 Å². The van der Waals surface area contributed by atoms with E-state index in [1.165, 1.54) is 25.7 Å². The Morgan fingerprint density at radius 2 is 1.89 bits per heavy atom. The molecule has 0 spiro atoms. The second-order valence-electron chi connectivity index (χ2n) is 5.60. The van der Waals surface area contributed by atoms with Gasteiger partial charge in [-0.15, -0.1) is 0 Å². The fourth-order valence-corrected chi connectivity index (χ4v) is 3.05. The average molecular weight is 259 g/mol. The van der Waals surface area contributed by atoms with Gasteiger partial charge in [0.15, 0.2) is 11.5 Å². The van der Waals surface area contributed by atoms with Gasteiger partial charge in [-0.2, -0.15) is 0 Å². The molecule has 1 aliphatic rings. The number of aromatic nitrogens is 1. The molecule has 1 fully saturated rings. The highest BCUT2D eigenvalue weighted by molar-refractivity contribution is 5.72. The van der Waals surface area contributed by atoms with E-state index in [0.29, 0.717) is 18.2 Å². The molecular weight excluding hydrogens is 238 g/mol. The van der Waals surface area contributed by atoms with Crippen molar-refractivity contribution in [3.63, 3.8) is 0 Å². The molecule has 0 radical (unpaired) electrons. The maximum Gasteiger partial charge on any atom is 0.198 e. The molecule has 1 aromatic carbocycles. The van der Waals surface area contributed by atoms with Gasteiger partial charge in [-0.05, 0) is 30.9 Å². The van der Waals surface area contributed by atoms with Gasteiger partial charge in [-0.3, -0.25) is 0 Å². The first-order valence-electron chi connectivity index (χ1n) is 7.35. The molecular formula is C16H21NO2. The van der Waals surface area contributed by atoms with Crippen molar-refractivity contribution in [3.8, 4) is 0 Å². The number of oxazole rings is 1. The van der Waals surface area contributed by atoms with E-state index in [0.717, 1.165) is 23.9 Å². The normalized spacial score (nSPS) is 19.4. The van der Waals surface area contributed by atoms with Crippen LogP contribution in [0.25, 0.3) is 11.1 Å². The average Bonchev–Trinajstić information content (AvgIpc) is 2.63. The summed E-state index contributed by atoms with van der Waals surface area (Å²) in [6, 6.07) is 7.76. The van der Waals surface area contributed by atoms with E-state index < -0.39 is 0 Å². The summed E-state index contributed by atoms with van der Waals surface area (Å²) in [6.07, 6.45) is 7.62. The summed E-state index contributed by atoms with van der Waals surface area (Å²) in [5, 5.41) is 10.4. The monoisotopic (exact) mass is 259 g/mol. The predicted molar refractivity (Wildman–Crippen MR) is 74.9 cm³/mol. The van der Waals surface area contributed by atoms with Crippen LogP contribution in [0.1, 0.15) is 44.4 Å².